The van der Waals surface area contributed by atoms with E-state index >= 15 is 0 Å². The van der Waals surface area contributed by atoms with Gasteiger partial charge in [0.2, 0.25) is 10.0 Å². The number of fused-ring (bicyclic) bond motifs is 1. The third kappa shape index (κ3) is 3.50. The topological polar surface area (TPSA) is 67.3 Å². The second-order valence-corrected chi connectivity index (χ2v) is 8.67. The summed E-state index contributed by atoms with van der Waals surface area (Å²) >= 11 is 0. The molecule has 1 atom stereocenters. The SMILES string of the molecule is O=C(Cc1ccncc1)C1CCCN1S(=O)(=O)c1ccc2ccccc2c1. The predicted molar refractivity (Wildman–Crippen MR) is 104 cm³/mol. The predicted octanol–water partition coefficient (Wildman–Crippen LogP) is 3.20. The van der Waals surface area contributed by atoms with E-state index in [4.69, 9.17) is 0 Å². The molecule has 1 aromatic heterocycles. The highest BCUT2D eigenvalue weighted by molar-refractivity contribution is 7.89. The molecule has 1 unspecified atom stereocenters. The fourth-order valence-corrected chi connectivity index (χ4v) is 5.35. The van der Waals surface area contributed by atoms with Gasteiger partial charge < -0.3 is 0 Å². The minimum absolute atomic E-state index is 0.0666. The van der Waals surface area contributed by atoms with Gasteiger partial charge in [-0.1, -0.05) is 30.3 Å². The van der Waals surface area contributed by atoms with Crippen molar-refractivity contribution in [1.29, 1.82) is 0 Å². The molecule has 0 saturated carbocycles. The minimum atomic E-state index is -3.72. The van der Waals surface area contributed by atoms with Crippen molar-refractivity contribution in [3.63, 3.8) is 0 Å². The normalized spacial score (nSPS) is 18.0. The second kappa shape index (κ2) is 7.21. The van der Waals surface area contributed by atoms with Crippen molar-refractivity contribution >= 4 is 26.6 Å². The van der Waals surface area contributed by atoms with Crippen LogP contribution in [0.15, 0.2) is 71.9 Å². The van der Waals surface area contributed by atoms with Gasteiger partial charge in [-0.3, -0.25) is 9.78 Å². The number of pyridine rings is 1. The van der Waals surface area contributed by atoms with E-state index in [2.05, 4.69) is 4.98 Å². The Hall–Kier alpha value is -2.57. The number of ketones is 1. The summed E-state index contributed by atoms with van der Waals surface area (Å²) in [6, 6.07) is 15.7. The van der Waals surface area contributed by atoms with Crippen LogP contribution in [0.4, 0.5) is 0 Å². The van der Waals surface area contributed by atoms with E-state index in [-0.39, 0.29) is 17.1 Å². The molecule has 2 aromatic carbocycles. The summed E-state index contributed by atoms with van der Waals surface area (Å²) in [6.45, 7) is 0.377. The zero-order valence-electron chi connectivity index (χ0n) is 14.8. The van der Waals surface area contributed by atoms with E-state index in [1.54, 1.807) is 36.7 Å². The summed E-state index contributed by atoms with van der Waals surface area (Å²) < 4.78 is 27.8. The molecule has 4 rings (SSSR count). The largest absolute Gasteiger partial charge is 0.298 e. The molecule has 6 heteroatoms. The highest BCUT2D eigenvalue weighted by Gasteiger charge is 2.39. The van der Waals surface area contributed by atoms with Crippen LogP contribution < -0.4 is 0 Å². The van der Waals surface area contributed by atoms with Crippen LogP contribution in [-0.2, 0) is 21.2 Å². The Kier molecular flexibility index (Phi) is 4.76. The number of hydrogen-bond donors (Lipinski definition) is 0. The van der Waals surface area contributed by atoms with Gasteiger partial charge >= 0.3 is 0 Å². The molecule has 1 aliphatic heterocycles. The molecule has 1 fully saturated rings. The van der Waals surface area contributed by atoms with Crippen LogP contribution in [-0.4, -0.2) is 36.1 Å². The van der Waals surface area contributed by atoms with Crippen LogP contribution in [0.3, 0.4) is 0 Å². The van der Waals surface area contributed by atoms with Crippen molar-refractivity contribution in [2.24, 2.45) is 0 Å². The Balaban J connectivity index is 1.62. The lowest BCUT2D eigenvalue weighted by molar-refractivity contribution is -0.121. The van der Waals surface area contributed by atoms with E-state index in [1.165, 1.54) is 4.31 Å². The van der Waals surface area contributed by atoms with Gasteiger partial charge in [0.15, 0.2) is 5.78 Å². The van der Waals surface area contributed by atoms with Crippen molar-refractivity contribution < 1.29 is 13.2 Å². The molecular formula is C21H20N2O3S. The highest BCUT2D eigenvalue weighted by atomic mass is 32.2. The molecule has 0 amide bonds. The molecule has 1 saturated heterocycles. The Bertz CT molecular complexity index is 1080. The smallest absolute Gasteiger partial charge is 0.243 e. The molecule has 0 bridgehead atoms. The lowest BCUT2D eigenvalue weighted by Gasteiger charge is -2.23. The fraction of sp³-hybridized carbons (Fsp3) is 0.238. The average Bonchev–Trinajstić information content (AvgIpc) is 3.19. The van der Waals surface area contributed by atoms with Crippen molar-refractivity contribution in [1.82, 2.24) is 9.29 Å². The van der Waals surface area contributed by atoms with Crippen molar-refractivity contribution in [3.05, 3.63) is 72.6 Å². The van der Waals surface area contributed by atoms with E-state index in [0.717, 1.165) is 16.3 Å². The van der Waals surface area contributed by atoms with Crippen molar-refractivity contribution in [3.8, 4) is 0 Å². The first-order chi connectivity index (χ1) is 13.1. The van der Waals surface area contributed by atoms with Gasteiger partial charge in [0.1, 0.15) is 0 Å². The number of aromatic nitrogens is 1. The van der Waals surface area contributed by atoms with E-state index < -0.39 is 16.1 Å². The summed E-state index contributed by atoms with van der Waals surface area (Å²) in [4.78, 5) is 17.0. The number of benzene rings is 2. The molecule has 0 N–H and O–H groups in total. The maximum atomic E-state index is 13.2. The van der Waals surface area contributed by atoms with E-state index in [1.807, 2.05) is 30.3 Å². The summed E-state index contributed by atoms with van der Waals surface area (Å²) in [6.07, 6.45) is 4.76. The van der Waals surface area contributed by atoms with Crippen LogP contribution in [0.5, 0.6) is 0 Å². The fourth-order valence-electron chi connectivity index (χ4n) is 3.63. The summed E-state index contributed by atoms with van der Waals surface area (Å²) in [5.74, 6) is -0.0666. The number of rotatable bonds is 5. The first-order valence-corrected chi connectivity index (χ1v) is 10.4. The van der Waals surface area contributed by atoms with Gasteiger partial charge in [-0.2, -0.15) is 4.31 Å². The average molecular weight is 380 g/mol. The monoisotopic (exact) mass is 380 g/mol. The molecular weight excluding hydrogens is 360 g/mol. The summed E-state index contributed by atoms with van der Waals surface area (Å²) in [7, 11) is -3.72. The first-order valence-electron chi connectivity index (χ1n) is 8.98. The lowest BCUT2D eigenvalue weighted by atomic mass is 10.0. The Morgan fingerprint density at radius 3 is 2.56 bits per heavy atom. The number of sulfonamides is 1. The number of nitrogens with zero attached hydrogens (tertiary/aromatic N) is 2. The van der Waals surface area contributed by atoms with Gasteiger partial charge in [0, 0.05) is 25.4 Å². The molecule has 0 aliphatic carbocycles. The Morgan fingerprint density at radius 2 is 1.78 bits per heavy atom. The molecule has 0 spiro atoms. The third-order valence-electron chi connectivity index (χ3n) is 5.03. The molecule has 138 valence electrons. The van der Waals surface area contributed by atoms with E-state index in [9.17, 15) is 13.2 Å². The van der Waals surface area contributed by atoms with Gasteiger partial charge in [-0.25, -0.2) is 8.42 Å². The van der Waals surface area contributed by atoms with Crippen LogP contribution in [0.25, 0.3) is 10.8 Å². The zero-order chi connectivity index (χ0) is 18.9. The van der Waals surface area contributed by atoms with Gasteiger partial charge in [0.05, 0.1) is 10.9 Å². The minimum Gasteiger partial charge on any atom is -0.298 e. The summed E-state index contributed by atoms with van der Waals surface area (Å²) in [5.41, 5.74) is 0.852. The van der Waals surface area contributed by atoms with Gasteiger partial charge in [-0.15, -0.1) is 0 Å². The van der Waals surface area contributed by atoms with E-state index in [0.29, 0.717) is 19.4 Å². The molecule has 3 aromatic rings. The van der Waals surface area contributed by atoms with Crippen LogP contribution in [0, 0.1) is 0 Å². The number of hydrogen-bond acceptors (Lipinski definition) is 4. The molecule has 27 heavy (non-hydrogen) atoms. The van der Waals surface area contributed by atoms with Crippen molar-refractivity contribution in [2.45, 2.75) is 30.2 Å². The number of Topliss-reactive ketones (excluding diaryl/α,β-unsaturated/α-hetero) is 1. The third-order valence-corrected chi connectivity index (χ3v) is 6.93. The van der Waals surface area contributed by atoms with Crippen molar-refractivity contribution in [2.75, 3.05) is 6.54 Å². The highest BCUT2D eigenvalue weighted by Crippen LogP contribution is 2.29. The summed E-state index contributed by atoms with van der Waals surface area (Å²) in [5, 5.41) is 1.86. The standard InChI is InChI=1S/C21H20N2O3S/c24-21(14-16-9-11-22-12-10-16)20-6-3-13-23(20)27(25,26)19-8-7-17-4-1-2-5-18(17)15-19/h1-2,4-5,7-12,15,20H,3,6,13-14H2. The molecule has 2 heterocycles. The van der Waals surface area contributed by atoms with Gasteiger partial charge in [-0.05, 0) is 53.4 Å². The first kappa shape index (κ1) is 17.8. The molecule has 1 aliphatic rings. The molecule has 0 radical (unpaired) electrons. The van der Waals surface area contributed by atoms with Crippen LogP contribution >= 0.6 is 0 Å². The van der Waals surface area contributed by atoms with Crippen LogP contribution in [0.2, 0.25) is 0 Å². The maximum absolute atomic E-state index is 13.2. The number of carbonyl (C=O) groups is 1. The second-order valence-electron chi connectivity index (χ2n) is 6.78. The zero-order valence-corrected chi connectivity index (χ0v) is 15.6. The Morgan fingerprint density at radius 1 is 1.04 bits per heavy atom. The lowest BCUT2D eigenvalue weighted by Crippen LogP contribution is -2.41. The van der Waals surface area contributed by atoms with Gasteiger partial charge in [0.25, 0.3) is 0 Å². The molecule has 5 nitrogen and oxygen atoms in total. The Labute approximate surface area is 158 Å². The van der Waals surface area contributed by atoms with Crippen LogP contribution in [0.1, 0.15) is 18.4 Å². The maximum Gasteiger partial charge on any atom is 0.243 e. The number of carbonyl (C=O) groups excluding carboxylic acids is 1. The quantitative estimate of drug-likeness (QED) is 0.682.